The molecule has 1 atom stereocenters. The number of nitrogens with two attached hydrogens (primary N) is 1. The van der Waals surface area contributed by atoms with Gasteiger partial charge < -0.3 is 16.0 Å². The summed E-state index contributed by atoms with van der Waals surface area (Å²) in [6.07, 6.45) is -2.26. The Kier molecular flexibility index (Phi) is 8.38. The lowest BCUT2D eigenvalue weighted by Gasteiger charge is -2.34. The van der Waals surface area contributed by atoms with Crippen LogP contribution in [0, 0.1) is 5.92 Å². The number of hydrogen-bond donors (Lipinski definition) is 2. The summed E-state index contributed by atoms with van der Waals surface area (Å²) in [5.74, 6) is 0.437. The number of amides is 1. The van der Waals surface area contributed by atoms with Crippen molar-refractivity contribution >= 4 is 47.2 Å². The first-order valence-corrected chi connectivity index (χ1v) is 8.43. The van der Waals surface area contributed by atoms with E-state index in [0.29, 0.717) is 23.9 Å². The lowest BCUT2D eigenvalue weighted by atomic mass is 9.95. The van der Waals surface area contributed by atoms with Crippen LogP contribution >= 0.6 is 35.3 Å². The minimum Gasteiger partial charge on any atom is -0.370 e. The van der Waals surface area contributed by atoms with E-state index in [4.69, 9.17) is 5.73 Å². The maximum atomic E-state index is 12.6. The number of nitrogens with zero attached hydrogens (tertiary/aromatic N) is 3. The van der Waals surface area contributed by atoms with Crippen molar-refractivity contribution in [1.82, 2.24) is 15.2 Å². The van der Waals surface area contributed by atoms with Crippen LogP contribution in [0.1, 0.15) is 30.0 Å². The van der Waals surface area contributed by atoms with Crippen molar-refractivity contribution in [3.8, 4) is 0 Å². The number of alkyl halides is 3. The van der Waals surface area contributed by atoms with Crippen molar-refractivity contribution in [2.75, 3.05) is 20.1 Å². The Morgan fingerprint density at radius 1 is 1.56 bits per heavy atom. The van der Waals surface area contributed by atoms with E-state index in [1.54, 1.807) is 7.05 Å². The molecule has 2 heterocycles. The normalized spacial score (nSPS) is 18.6. The van der Waals surface area contributed by atoms with Crippen LogP contribution in [-0.4, -0.2) is 41.9 Å². The molecule has 0 aliphatic carbocycles. The van der Waals surface area contributed by atoms with Crippen LogP contribution in [-0.2, 0) is 17.5 Å². The largest absolute Gasteiger partial charge is 0.434 e. The molecule has 142 valence electrons. The van der Waals surface area contributed by atoms with E-state index < -0.39 is 11.9 Å². The van der Waals surface area contributed by atoms with Gasteiger partial charge in [0.25, 0.3) is 0 Å². The Labute approximate surface area is 165 Å². The van der Waals surface area contributed by atoms with Gasteiger partial charge in [0.05, 0.1) is 6.54 Å². The van der Waals surface area contributed by atoms with Crippen molar-refractivity contribution < 1.29 is 18.0 Å². The number of carbonyl (C=O) groups excluding carboxylic acids is 1. The zero-order chi connectivity index (χ0) is 17.7. The Morgan fingerprint density at radius 3 is 2.84 bits per heavy atom. The van der Waals surface area contributed by atoms with Crippen LogP contribution in [0.4, 0.5) is 13.2 Å². The van der Waals surface area contributed by atoms with Gasteiger partial charge in [-0.3, -0.25) is 9.79 Å². The highest BCUT2D eigenvalue weighted by molar-refractivity contribution is 14.0. The Morgan fingerprint density at radius 2 is 2.28 bits per heavy atom. The predicted molar refractivity (Wildman–Crippen MR) is 101 cm³/mol. The standard InChI is InChI=1S/C14H20F3N5OS.HI/c1-19-13(22-4-2-3-9(7-22)5-11(18)23)20-6-12-21-10(8-24-12)14(15,16)17;/h8-9H,2-7H2,1H3,(H2,18,23)(H,19,20);1H. The molecule has 1 amide bonds. The van der Waals surface area contributed by atoms with Gasteiger partial charge in [-0.25, -0.2) is 4.98 Å². The highest BCUT2D eigenvalue weighted by atomic mass is 127. The second kappa shape index (κ2) is 9.55. The van der Waals surface area contributed by atoms with E-state index in [2.05, 4.69) is 15.3 Å². The fourth-order valence-corrected chi connectivity index (χ4v) is 3.46. The maximum Gasteiger partial charge on any atom is 0.434 e. The lowest BCUT2D eigenvalue weighted by Crippen LogP contribution is -2.46. The summed E-state index contributed by atoms with van der Waals surface area (Å²) < 4.78 is 37.7. The van der Waals surface area contributed by atoms with Gasteiger partial charge in [-0.05, 0) is 18.8 Å². The predicted octanol–water partition coefficient (Wildman–Crippen LogP) is 2.44. The van der Waals surface area contributed by atoms with Gasteiger partial charge in [-0.2, -0.15) is 13.2 Å². The number of carbonyl (C=O) groups is 1. The number of thiazole rings is 1. The molecule has 0 bridgehead atoms. The molecule has 11 heteroatoms. The number of nitrogens with one attached hydrogen (secondary N) is 1. The van der Waals surface area contributed by atoms with E-state index in [1.807, 2.05) is 4.90 Å². The molecule has 0 aromatic carbocycles. The van der Waals surface area contributed by atoms with Gasteiger partial charge in [0, 0.05) is 31.9 Å². The van der Waals surface area contributed by atoms with Crippen LogP contribution in [0.3, 0.4) is 0 Å². The van der Waals surface area contributed by atoms with E-state index in [-0.39, 0.29) is 42.3 Å². The first-order valence-electron chi connectivity index (χ1n) is 7.55. The summed E-state index contributed by atoms with van der Waals surface area (Å²) in [6, 6.07) is 0. The smallest absolute Gasteiger partial charge is 0.370 e. The number of halogens is 4. The number of guanidine groups is 1. The number of rotatable bonds is 4. The third kappa shape index (κ3) is 6.60. The average molecular weight is 491 g/mol. The SMILES string of the molecule is CN=C(NCc1nc(C(F)(F)F)cs1)N1CCCC(CC(N)=O)C1.I. The molecule has 3 N–H and O–H groups in total. The summed E-state index contributed by atoms with van der Waals surface area (Å²) in [5.41, 5.74) is 4.37. The molecule has 1 fully saturated rings. The highest BCUT2D eigenvalue weighted by Crippen LogP contribution is 2.30. The Balaban J connectivity index is 0.00000312. The van der Waals surface area contributed by atoms with Crippen LogP contribution in [0.25, 0.3) is 0 Å². The minimum absolute atomic E-state index is 0. The van der Waals surface area contributed by atoms with E-state index >= 15 is 0 Å². The van der Waals surface area contributed by atoms with Crippen LogP contribution in [0.5, 0.6) is 0 Å². The molecular formula is C14H21F3IN5OS. The van der Waals surface area contributed by atoms with Crippen molar-refractivity contribution in [2.45, 2.75) is 32.0 Å². The highest BCUT2D eigenvalue weighted by Gasteiger charge is 2.33. The average Bonchev–Trinajstić information content (AvgIpc) is 2.97. The molecule has 1 aliphatic rings. The molecule has 2 rings (SSSR count). The molecule has 25 heavy (non-hydrogen) atoms. The van der Waals surface area contributed by atoms with Gasteiger partial charge in [0.15, 0.2) is 11.7 Å². The zero-order valence-electron chi connectivity index (χ0n) is 13.7. The van der Waals surface area contributed by atoms with E-state index in [9.17, 15) is 18.0 Å². The van der Waals surface area contributed by atoms with Crippen molar-refractivity contribution in [3.63, 3.8) is 0 Å². The molecule has 0 spiro atoms. The lowest BCUT2D eigenvalue weighted by molar-refractivity contribution is -0.140. The van der Waals surface area contributed by atoms with E-state index in [1.165, 1.54) is 0 Å². The Bertz CT molecular complexity index is 608. The molecule has 0 saturated carbocycles. The Hall–Kier alpha value is -1.11. The second-order valence-electron chi connectivity index (χ2n) is 5.65. The van der Waals surface area contributed by atoms with E-state index in [0.717, 1.165) is 36.1 Å². The van der Waals surface area contributed by atoms with Crippen molar-refractivity contribution in [1.29, 1.82) is 0 Å². The number of hydrogen-bond acceptors (Lipinski definition) is 4. The number of primary amides is 1. The molecule has 1 aromatic rings. The zero-order valence-corrected chi connectivity index (χ0v) is 16.8. The van der Waals surface area contributed by atoms with Crippen LogP contribution < -0.4 is 11.1 Å². The van der Waals surface area contributed by atoms with Gasteiger partial charge in [0.1, 0.15) is 5.01 Å². The maximum absolute atomic E-state index is 12.6. The first-order chi connectivity index (χ1) is 11.3. The number of likely N-dealkylation sites (tertiary alicyclic amines) is 1. The summed E-state index contributed by atoms with van der Waals surface area (Å²) in [5, 5.41) is 4.38. The molecular weight excluding hydrogens is 470 g/mol. The second-order valence-corrected chi connectivity index (χ2v) is 6.59. The molecule has 6 nitrogen and oxygen atoms in total. The quantitative estimate of drug-likeness (QED) is 0.385. The van der Waals surface area contributed by atoms with Crippen molar-refractivity contribution in [2.24, 2.45) is 16.6 Å². The monoisotopic (exact) mass is 491 g/mol. The van der Waals surface area contributed by atoms with Gasteiger partial charge in [-0.15, -0.1) is 35.3 Å². The van der Waals surface area contributed by atoms with Gasteiger partial charge in [-0.1, -0.05) is 0 Å². The van der Waals surface area contributed by atoms with Gasteiger partial charge in [0.2, 0.25) is 5.91 Å². The number of aromatic nitrogens is 1. The third-order valence-electron chi connectivity index (χ3n) is 3.76. The third-order valence-corrected chi connectivity index (χ3v) is 4.61. The fourth-order valence-electron chi connectivity index (χ4n) is 2.72. The van der Waals surface area contributed by atoms with Crippen LogP contribution in [0.15, 0.2) is 10.4 Å². The van der Waals surface area contributed by atoms with Crippen molar-refractivity contribution in [3.05, 3.63) is 16.1 Å². The number of piperidine rings is 1. The first kappa shape index (κ1) is 21.9. The topological polar surface area (TPSA) is 83.6 Å². The molecule has 1 saturated heterocycles. The summed E-state index contributed by atoms with van der Waals surface area (Å²) in [7, 11) is 1.61. The molecule has 1 aromatic heterocycles. The summed E-state index contributed by atoms with van der Waals surface area (Å²) >= 11 is 0.956. The fraction of sp³-hybridized carbons (Fsp3) is 0.643. The number of aliphatic imine (C=N–C) groups is 1. The summed E-state index contributed by atoms with van der Waals surface area (Å²) in [4.78, 5) is 20.8. The minimum atomic E-state index is -4.43. The summed E-state index contributed by atoms with van der Waals surface area (Å²) in [6.45, 7) is 1.60. The molecule has 0 radical (unpaired) electrons. The van der Waals surface area contributed by atoms with Gasteiger partial charge >= 0.3 is 6.18 Å². The molecule has 1 aliphatic heterocycles. The van der Waals surface area contributed by atoms with Crippen LogP contribution in [0.2, 0.25) is 0 Å². The molecule has 1 unspecified atom stereocenters.